The largest absolute Gasteiger partial charge is 0.374 e. The zero-order valence-corrected chi connectivity index (χ0v) is 21.7. The molecule has 5 heterocycles. The van der Waals surface area contributed by atoms with Crippen molar-refractivity contribution in [3.8, 4) is 11.3 Å². The van der Waals surface area contributed by atoms with E-state index in [1.54, 1.807) is 24.6 Å². The molecule has 4 atom stereocenters. The van der Waals surface area contributed by atoms with E-state index in [0.29, 0.717) is 13.2 Å². The lowest BCUT2D eigenvalue weighted by atomic mass is 9.94. The minimum absolute atomic E-state index is 0.0488. The lowest BCUT2D eigenvalue weighted by Crippen LogP contribution is -2.42. The summed E-state index contributed by atoms with van der Waals surface area (Å²) in [5.74, 6) is -0.441. The monoisotopic (exact) mass is 506 g/mol. The zero-order chi connectivity index (χ0) is 25.2. The summed E-state index contributed by atoms with van der Waals surface area (Å²) in [5.41, 5.74) is 4.51. The van der Waals surface area contributed by atoms with E-state index in [1.165, 1.54) is 4.90 Å². The molecule has 6 rings (SSSR count). The second-order valence-corrected chi connectivity index (χ2v) is 11.6. The number of fused-ring (bicyclic) bond motifs is 2. The highest BCUT2D eigenvalue weighted by molar-refractivity contribution is 7.19. The van der Waals surface area contributed by atoms with Crippen molar-refractivity contribution in [2.45, 2.75) is 39.5 Å². The molecule has 3 unspecified atom stereocenters. The van der Waals surface area contributed by atoms with Crippen LogP contribution in [-0.4, -0.2) is 59.6 Å². The Morgan fingerprint density at radius 1 is 1.22 bits per heavy atom. The molecule has 2 aliphatic heterocycles. The number of ether oxygens (including phenoxy) is 2. The predicted molar refractivity (Wildman–Crippen MR) is 136 cm³/mol. The molecular formula is C27H30N4O4S. The van der Waals surface area contributed by atoms with Crippen molar-refractivity contribution in [3.05, 3.63) is 46.6 Å². The average molecular weight is 507 g/mol. The van der Waals surface area contributed by atoms with Crippen molar-refractivity contribution >= 4 is 33.4 Å². The normalized spacial score (nSPS) is 25.9. The van der Waals surface area contributed by atoms with Gasteiger partial charge in [-0.05, 0) is 36.1 Å². The summed E-state index contributed by atoms with van der Waals surface area (Å²) >= 11 is 1.56. The number of morpholine rings is 1. The minimum Gasteiger partial charge on any atom is -0.374 e. The van der Waals surface area contributed by atoms with Crippen molar-refractivity contribution in [3.63, 3.8) is 0 Å². The van der Waals surface area contributed by atoms with Crippen molar-refractivity contribution in [2.24, 2.45) is 17.3 Å². The Balaban J connectivity index is 1.37. The Labute approximate surface area is 214 Å². The van der Waals surface area contributed by atoms with Crippen LogP contribution in [0.15, 0.2) is 30.6 Å². The number of likely N-dealkylation sites (tertiary alicyclic amines) is 1. The van der Waals surface area contributed by atoms with Gasteiger partial charge in [0.15, 0.2) is 0 Å². The minimum atomic E-state index is -0.279. The van der Waals surface area contributed by atoms with Crippen LogP contribution >= 0.6 is 11.3 Å². The first-order valence-electron chi connectivity index (χ1n) is 12.4. The van der Waals surface area contributed by atoms with Crippen LogP contribution in [0, 0.1) is 24.2 Å². The number of hydrogen-bond donors (Lipinski definition) is 1. The van der Waals surface area contributed by atoms with Crippen LogP contribution in [0.5, 0.6) is 0 Å². The first-order valence-corrected chi connectivity index (χ1v) is 13.2. The van der Waals surface area contributed by atoms with Crippen LogP contribution < -0.4 is 5.32 Å². The second-order valence-electron chi connectivity index (χ2n) is 10.5. The van der Waals surface area contributed by atoms with Crippen LogP contribution in [0.2, 0.25) is 0 Å². The van der Waals surface area contributed by atoms with Crippen molar-refractivity contribution in [1.82, 2.24) is 20.2 Å². The van der Waals surface area contributed by atoms with E-state index < -0.39 is 0 Å². The molecule has 1 N–H and O–H groups in total. The highest BCUT2D eigenvalue weighted by Crippen LogP contribution is 2.63. The molecule has 0 bridgehead atoms. The third-order valence-electron chi connectivity index (χ3n) is 7.96. The summed E-state index contributed by atoms with van der Waals surface area (Å²) in [5, 5.41) is 3.39. The van der Waals surface area contributed by atoms with Gasteiger partial charge in [-0.25, -0.2) is 0 Å². The molecule has 9 heteroatoms. The Bertz CT molecular complexity index is 1340. The van der Waals surface area contributed by atoms with Crippen molar-refractivity contribution < 1.29 is 19.1 Å². The van der Waals surface area contributed by atoms with E-state index in [2.05, 4.69) is 17.2 Å². The number of nitrogens with one attached hydrogen (secondary N) is 1. The predicted octanol–water partition coefficient (Wildman–Crippen LogP) is 3.48. The number of thiophene rings is 1. The quantitative estimate of drug-likeness (QED) is 0.512. The lowest BCUT2D eigenvalue weighted by Gasteiger charge is -2.32. The maximum absolute atomic E-state index is 12.9. The van der Waals surface area contributed by atoms with Gasteiger partial charge in [0.25, 0.3) is 0 Å². The van der Waals surface area contributed by atoms with Gasteiger partial charge in [0.2, 0.25) is 11.8 Å². The number of carbonyl (C=O) groups excluding carboxylic acids is 2. The Morgan fingerprint density at radius 2 is 1.97 bits per heavy atom. The zero-order valence-electron chi connectivity index (χ0n) is 20.9. The molecular weight excluding hydrogens is 476 g/mol. The van der Waals surface area contributed by atoms with Crippen molar-refractivity contribution in [2.75, 3.05) is 26.8 Å². The van der Waals surface area contributed by atoms with E-state index in [-0.39, 0.29) is 47.8 Å². The van der Waals surface area contributed by atoms with Gasteiger partial charge < -0.3 is 14.8 Å². The maximum Gasteiger partial charge on any atom is 0.234 e. The van der Waals surface area contributed by atoms with Gasteiger partial charge >= 0.3 is 0 Å². The third-order valence-corrected chi connectivity index (χ3v) is 9.11. The summed E-state index contributed by atoms with van der Waals surface area (Å²) in [6.45, 7) is 8.53. The molecule has 188 valence electrons. The Kier molecular flexibility index (Phi) is 5.71. The molecule has 0 radical (unpaired) electrons. The SMILES string of the molecule is COC(c1c(C)ccnc1-c1ccnc2cc(CN3C(=O)C4C(C3=O)C4(C)C)sc12)[C@@H]1CNCCO1. The topological polar surface area (TPSA) is 93.7 Å². The maximum atomic E-state index is 12.9. The van der Waals surface area contributed by atoms with Crippen LogP contribution in [0.25, 0.3) is 21.5 Å². The summed E-state index contributed by atoms with van der Waals surface area (Å²) in [6.07, 6.45) is 3.20. The van der Waals surface area contributed by atoms with Crippen LogP contribution in [0.3, 0.4) is 0 Å². The van der Waals surface area contributed by atoms with Crippen LogP contribution in [0.1, 0.15) is 36.0 Å². The van der Waals surface area contributed by atoms with Crippen LogP contribution in [-0.2, 0) is 25.6 Å². The second kappa shape index (κ2) is 8.69. The number of methoxy groups -OCH3 is 1. The Hall–Kier alpha value is -2.72. The molecule has 36 heavy (non-hydrogen) atoms. The van der Waals surface area contributed by atoms with E-state index in [1.807, 2.05) is 38.2 Å². The highest BCUT2D eigenvalue weighted by Gasteiger charge is 2.72. The average Bonchev–Trinajstić information content (AvgIpc) is 3.12. The number of aromatic nitrogens is 2. The summed E-state index contributed by atoms with van der Waals surface area (Å²) in [4.78, 5) is 37.5. The number of aryl methyl sites for hydroxylation is 1. The van der Waals surface area contributed by atoms with Gasteiger partial charge in [0.1, 0.15) is 12.2 Å². The van der Waals surface area contributed by atoms with E-state index in [0.717, 1.165) is 44.0 Å². The third kappa shape index (κ3) is 3.60. The molecule has 0 spiro atoms. The van der Waals surface area contributed by atoms with E-state index >= 15 is 0 Å². The van der Waals surface area contributed by atoms with Gasteiger partial charge in [0, 0.05) is 48.6 Å². The van der Waals surface area contributed by atoms with Gasteiger partial charge in [0.05, 0.1) is 40.9 Å². The van der Waals surface area contributed by atoms with Gasteiger partial charge in [-0.2, -0.15) is 0 Å². The molecule has 3 aliphatic rings. The van der Waals surface area contributed by atoms with E-state index in [9.17, 15) is 9.59 Å². The fraction of sp³-hybridized carbons (Fsp3) is 0.481. The molecule has 0 aromatic carbocycles. The van der Waals surface area contributed by atoms with Gasteiger partial charge in [-0.3, -0.25) is 24.5 Å². The summed E-state index contributed by atoms with van der Waals surface area (Å²) in [6, 6.07) is 5.96. The number of pyridine rings is 2. The fourth-order valence-corrected chi connectivity index (χ4v) is 7.06. The number of hydrogen-bond acceptors (Lipinski definition) is 8. The molecule has 3 aromatic heterocycles. The highest BCUT2D eigenvalue weighted by atomic mass is 32.1. The smallest absolute Gasteiger partial charge is 0.234 e. The van der Waals surface area contributed by atoms with E-state index in [4.69, 9.17) is 14.5 Å². The number of nitrogens with zero attached hydrogens (tertiary/aromatic N) is 3. The lowest BCUT2D eigenvalue weighted by molar-refractivity contribution is -0.143. The number of carbonyl (C=O) groups is 2. The van der Waals surface area contributed by atoms with Crippen LogP contribution in [0.4, 0.5) is 0 Å². The molecule has 3 aromatic rings. The molecule has 1 saturated carbocycles. The number of imide groups is 1. The number of rotatable bonds is 6. The molecule has 1 aliphatic carbocycles. The number of piperidine rings is 1. The fourth-order valence-electron chi connectivity index (χ4n) is 5.95. The van der Waals surface area contributed by atoms with Crippen molar-refractivity contribution in [1.29, 1.82) is 0 Å². The summed E-state index contributed by atoms with van der Waals surface area (Å²) < 4.78 is 13.0. The Morgan fingerprint density at radius 3 is 2.67 bits per heavy atom. The molecule has 2 amide bonds. The molecule has 2 saturated heterocycles. The number of amides is 2. The molecule has 8 nitrogen and oxygen atoms in total. The molecule has 3 fully saturated rings. The van der Waals surface area contributed by atoms with Gasteiger partial charge in [-0.15, -0.1) is 11.3 Å². The standard InChI is InChI=1S/C27H30N4O4S/c1-14-5-7-30-22(19(14)23(34-4)18-12-28-9-10-35-18)16-6-8-29-17-11-15(36-24(16)17)13-31-25(32)20-21(26(31)33)27(20,2)3/h5-8,11,18,20-21,23,28H,9-10,12-13H2,1-4H3/t18-,20?,21?,23?/m0/s1. The first-order chi connectivity index (χ1) is 17.3. The summed E-state index contributed by atoms with van der Waals surface area (Å²) in [7, 11) is 1.71. The van der Waals surface area contributed by atoms with Gasteiger partial charge in [-0.1, -0.05) is 13.8 Å². The first kappa shape index (κ1) is 23.7.